The summed E-state index contributed by atoms with van der Waals surface area (Å²) in [6.45, 7) is 1.87. The number of benzene rings is 1. The van der Waals surface area contributed by atoms with Gasteiger partial charge in [0.25, 0.3) is 0 Å². The molecule has 142 valence electrons. The SMILES string of the molecule is C/C=C\C(C(=O)N(c1ccccn1)C1CCCCC1)c1ccc(O)c(O)c1. The van der Waals surface area contributed by atoms with Crippen LogP contribution in [0.4, 0.5) is 5.82 Å². The van der Waals surface area contributed by atoms with Gasteiger partial charge in [-0.3, -0.25) is 9.69 Å². The van der Waals surface area contributed by atoms with Crippen molar-refractivity contribution >= 4 is 11.7 Å². The number of carbonyl (C=O) groups is 1. The fourth-order valence-corrected chi connectivity index (χ4v) is 3.73. The molecule has 1 aromatic heterocycles. The molecule has 5 heteroatoms. The van der Waals surface area contributed by atoms with Crippen LogP contribution in [0.5, 0.6) is 11.5 Å². The van der Waals surface area contributed by atoms with Gasteiger partial charge in [0.2, 0.25) is 5.91 Å². The highest BCUT2D eigenvalue weighted by Crippen LogP contribution is 2.33. The van der Waals surface area contributed by atoms with E-state index in [2.05, 4.69) is 4.98 Å². The molecule has 2 N–H and O–H groups in total. The van der Waals surface area contributed by atoms with Gasteiger partial charge in [0, 0.05) is 12.2 Å². The Kier molecular flexibility index (Phi) is 6.12. The number of allylic oxidation sites excluding steroid dienone is 1. The molecule has 1 unspecified atom stereocenters. The standard InChI is InChI=1S/C22H26N2O3/c1-2-8-18(16-12-13-19(25)20(26)15-16)22(27)24(17-9-4-3-5-10-17)21-11-6-7-14-23-21/h2,6-8,11-15,17-18,25-26H,3-5,9-10H2,1H3/b8-2-. The van der Waals surface area contributed by atoms with E-state index in [-0.39, 0.29) is 23.4 Å². The summed E-state index contributed by atoms with van der Waals surface area (Å²) in [4.78, 5) is 19.9. The summed E-state index contributed by atoms with van der Waals surface area (Å²) < 4.78 is 0. The molecule has 0 saturated heterocycles. The third-order valence-corrected chi connectivity index (χ3v) is 5.08. The van der Waals surface area contributed by atoms with Gasteiger partial charge in [-0.15, -0.1) is 0 Å². The van der Waals surface area contributed by atoms with Crippen LogP contribution in [0, 0.1) is 0 Å². The summed E-state index contributed by atoms with van der Waals surface area (Å²) in [5.74, 6) is -0.378. The topological polar surface area (TPSA) is 73.7 Å². The van der Waals surface area contributed by atoms with E-state index in [0.717, 1.165) is 25.7 Å². The van der Waals surface area contributed by atoms with E-state index in [1.54, 1.807) is 12.3 Å². The Balaban J connectivity index is 2.00. The third-order valence-electron chi connectivity index (χ3n) is 5.08. The second-order valence-electron chi connectivity index (χ2n) is 6.94. The molecule has 1 fully saturated rings. The summed E-state index contributed by atoms with van der Waals surface area (Å²) in [7, 11) is 0. The van der Waals surface area contributed by atoms with E-state index < -0.39 is 5.92 Å². The van der Waals surface area contributed by atoms with Crippen molar-refractivity contribution in [3.63, 3.8) is 0 Å². The highest BCUT2D eigenvalue weighted by atomic mass is 16.3. The normalized spacial score (nSPS) is 16.3. The van der Waals surface area contributed by atoms with Crippen molar-refractivity contribution in [2.75, 3.05) is 4.90 Å². The van der Waals surface area contributed by atoms with Crippen LogP contribution in [0.3, 0.4) is 0 Å². The van der Waals surface area contributed by atoms with Gasteiger partial charge in [-0.05, 0) is 49.6 Å². The van der Waals surface area contributed by atoms with Gasteiger partial charge in [-0.2, -0.15) is 0 Å². The van der Waals surface area contributed by atoms with Crippen molar-refractivity contribution in [2.45, 2.75) is 51.0 Å². The summed E-state index contributed by atoms with van der Waals surface area (Å²) in [6.07, 6.45) is 10.7. The number of hydrogen-bond donors (Lipinski definition) is 2. The fourth-order valence-electron chi connectivity index (χ4n) is 3.73. The Morgan fingerprint density at radius 2 is 1.93 bits per heavy atom. The quantitative estimate of drug-likeness (QED) is 0.603. The van der Waals surface area contributed by atoms with E-state index in [4.69, 9.17) is 0 Å². The van der Waals surface area contributed by atoms with E-state index in [9.17, 15) is 15.0 Å². The highest BCUT2D eigenvalue weighted by Gasteiger charge is 2.32. The first kappa shape index (κ1) is 19.0. The molecule has 0 spiro atoms. The molecule has 2 aromatic rings. The van der Waals surface area contributed by atoms with Crippen molar-refractivity contribution in [2.24, 2.45) is 0 Å². The highest BCUT2D eigenvalue weighted by molar-refractivity contribution is 5.99. The van der Waals surface area contributed by atoms with Crippen LogP contribution in [0.25, 0.3) is 0 Å². The minimum atomic E-state index is -0.551. The van der Waals surface area contributed by atoms with Gasteiger partial charge in [0.05, 0.1) is 5.92 Å². The number of aromatic nitrogens is 1. The number of carbonyl (C=O) groups excluding carboxylic acids is 1. The van der Waals surface area contributed by atoms with Crippen LogP contribution in [0.1, 0.15) is 50.5 Å². The van der Waals surface area contributed by atoms with Gasteiger partial charge in [0.15, 0.2) is 11.5 Å². The van der Waals surface area contributed by atoms with Gasteiger partial charge >= 0.3 is 0 Å². The molecule has 0 radical (unpaired) electrons. The van der Waals surface area contributed by atoms with Gasteiger partial charge in [0.1, 0.15) is 5.82 Å². The molecule has 27 heavy (non-hydrogen) atoms. The van der Waals surface area contributed by atoms with Crippen LogP contribution in [-0.2, 0) is 4.79 Å². The number of aromatic hydroxyl groups is 2. The second kappa shape index (κ2) is 8.71. The number of hydrogen-bond acceptors (Lipinski definition) is 4. The van der Waals surface area contributed by atoms with E-state index in [1.165, 1.54) is 18.6 Å². The Bertz CT molecular complexity index is 798. The van der Waals surface area contributed by atoms with Crippen molar-refractivity contribution < 1.29 is 15.0 Å². The van der Waals surface area contributed by atoms with Gasteiger partial charge < -0.3 is 10.2 Å². The Morgan fingerprint density at radius 3 is 2.56 bits per heavy atom. The number of rotatable bonds is 5. The zero-order valence-electron chi connectivity index (χ0n) is 15.6. The van der Waals surface area contributed by atoms with Crippen LogP contribution in [0.2, 0.25) is 0 Å². The van der Waals surface area contributed by atoms with Crippen LogP contribution < -0.4 is 4.90 Å². The molecule has 1 aliphatic rings. The maximum absolute atomic E-state index is 13.6. The largest absolute Gasteiger partial charge is 0.504 e. The number of pyridine rings is 1. The minimum Gasteiger partial charge on any atom is -0.504 e. The van der Waals surface area contributed by atoms with Gasteiger partial charge in [-0.25, -0.2) is 4.98 Å². The summed E-state index contributed by atoms with van der Waals surface area (Å²) >= 11 is 0. The molecule has 3 rings (SSSR count). The van der Waals surface area contributed by atoms with Crippen molar-refractivity contribution in [1.29, 1.82) is 0 Å². The maximum atomic E-state index is 13.6. The zero-order valence-corrected chi connectivity index (χ0v) is 15.6. The molecule has 1 atom stereocenters. The molecule has 0 aliphatic heterocycles. The van der Waals surface area contributed by atoms with Crippen LogP contribution in [0.15, 0.2) is 54.7 Å². The monoisotopic (exact) mass is 366 g/mol. The van der Waals surface area contributed by atoms with Crippen LogP contribution >= 0.6 is 0 Å². The maximum Gasteiger partial charge on any atom is 0.239 e. The lowest BCUT2D eigenvalue weighted by Crippen LogP contribution is -2.44. The fraction of sp³-hybridized carbons (Fsp3) is 0.364. The third kappa shape index (κ3) is 4.30. The average Bonchev–Trinajstić information content (AvgIpc) is 2.70. The number of phenols is 2. The first-order valence-corrected chi connectivity index (χ1v) is 9.50. The molecule has 1 aromatic carbocycles. The first-order valence-electron chi connectivity index (χ1n) is 9.50. The molecule has 5 nitrogen and oxygen atoms in total. The Morgan fingerprint density at radius 1 is 1.15 bits per heavy atom. The Hall–Kier alpha value is -2.82. The van der Waals surface area contributed by atoms with Crippen molar-refractivity contribution in [3.05, 3.63) is 60.3 Å². The van der Waals surface area contributed by atoms with Crippen molar-refractivity contribution in [1.82, 2.24) is 4.98 Å². The lowest BCUT2D eigenvalue weighted by Gasteiger charge is -2.35. The number of amides is 1. The smallest absolute Gasteiger partial charge is 0.239 e. The second-order valence-corrected chi connectivity index (χ2v) is 6.94. The predicted molar refractivity (Wildman–Crippen MR) is 106 cm³/mol. The average molecular weight is 366 g/mol. The number of phenolic OH excluding ortho intramolecular Hbond substituents is 2. The van der Waals surface area contributed by atoms with Gasteiger partial charge in [-0.1, -0.05) is 43.5 Å². The molecule has 1 heterocycles. The Labute approximate surface area is 160 Å². The lowest BCUT2D eigenvalue weighted by molar-refractivity contribution is -0.119. The zero-order chi connectivity index (χ0) is 19.2. The van der Waals surface area contributed by atoms with E-state index >= 15 is 0 Å². The minimum absolute atomic E-state index is 0.0659. The predicted octanol–water partition coefficient (Wildman–Crippen LogP) is 4.52. The number of nitrogens with zero attached hydrogens (tertiary/aromatic N) is 2. The first-order chi connectivity index (χ1) is 13.1. The summed E-state index contributed by atoms with van der Waals surface area (Å²) in [6, 6.07) is 10.3. The van der Waals surface area contributed by atoms with E-state index in [0.29, 0.717) is 11.4 Å². The van der Waals surface area contributed by atoms with Crippen molar-refractivity contribution in [3.8, 4) is 11.5 Å². The molecule has 1 amide bonds. The van der Waals surface area contributed by atoms with Crippen LogP contribution in [-0.4, -0.2) is 27.1 Å². The lowest BCUT2D eigenvalue weighted by atomic mass is 9.91. The molecule has 0 bridgehead atoms. The molecular weight excluding hydrogens is 340 g/mol. The molecule has 1 saturated carbocycles. The van der Waals surface area contributed by atoms with E-state index in [1.807, 2.05) is 42.2 Å². The summed E-state index contributed by atoms with van der Waals surface area (Å²) in [5.41, 5.74) is 0.644. The number of anilines is 1. The molecular formula is C22H26N2O3. The molecule has 1 aliphatic carbocycles. The summed E-state index contributed by atoms with van der Waals surface area (Å²) in [5, 5.41) is 19.5.